The molecule has 0 bridgehead atoms. The number of nitrogens with zero attached hydrogens (tertiary/aromatic N) is 2. The van der Waals surface area contributed by atoms with E-state index in [4.69, 9.17) is 4.74 Å². The highest BCUT2D eigenvalue weighted by atomic mass is 16.5. The topological polar surface area (TPSA) is 54.5 Å². The van der Waals surface area contributed by atoms with Crippen LogP contribution in [0.3, 0.4) is 0 Å². The molecule has 0 spiro atoms. The van der Waals surface area contributed by atoms with E-state index in [1.165, 1.54) is 6.42 Å². The molecule has 5 heteroatoms. The summed E-state index contributed by atoms with van der Waals surface area (Å²) in [5.74, 6) is 0.628. The molecule has 108 valence electrons. The molecule has 1 atom stereocenters. The maximum absolute atomic E-state index is 12.8. The van der Waals surface area contributed by atoms with Gasteiger partial charge in [-0.25, -0.2) is 0 Å². The molecule has 1 aliphatic carbocycles. The van der Waals surface area contributed by atoms with Crippen LogP contribution in [0, 0.1) is 0 Å². The number of rotatable bonds is 5. The van der Waals surface area contributed by atoms with E-state index in [1.807, 2.05) is 4.90 Å². The molecule has 1 amide bonds. The van der Waals surface area contributed by atoms with Crippen molar-refractivity contribution in [2.45, 2.75) is 37.8 Å². The number of hydrogen-bond donors (Lipinski definition) is 1. The summed E-state index contributed by atoms with van der Waals surface area (Å²) in [4.78, 5) is 18.8. The highest BCUT2D eigenvalue weighted by molar-refractivity contribution is 5.97. The van der Waals surface area contributed by atoms with Gasteiger partial charge in [0.15, 0.2) is 0 Å². The summed E-state index contributed by atoms with van der Waals surface area (Å²) in [5, 5.41) is 3.47. The first-order valence-corrected chi connectivity index (χ1v) is 7.32. The number of carbonyl (C=O) groups excluding carboxylic acids is 1. The Morgan fingerprint density at radius 1 is 1.50 bits per heavy atom. The predicted octanol–water partition coefficient (Wildman–Crippen LogP) is 1.45. The molecule has 1 unspecified atom stereocenters. The Kier molecular flexibility index (Phi) is 3.87. The molecule has 0 aromatic carbocycles. The summed E-state index contributed by atoms with van der Waals surface area (Å²) in [6.07, 6.45) is 7.85. The predicted molar refractivity (Wildman–Crippen MR) is 75.9 cm³/mol. The molecule has 3 rings (SSSR count). The summed E-state index contributed by atoms with van der Waals surface area (Å²) in [7, 11) is 1.58. The molecule has 2 aliphatic rings. The number of pyridine rings is 1. The van der Waals surface area contributed by atoms with Crippen molar-refractivity contribution in [2.24, 2.45) is 0 Å². The molecule has 2 heterocycles. The van der Waals surface area contributed by atoms with Crippen molar-refractivity contribution in [2.75, 3.05) is 20.2 Å². The van der Waals surface area contributed by atoms with E-state index >= 15 is 0 Å². The van der Waals surface area contributed by atoms with E-state index in [-0.39, 0.29) is 5.91 Å². The van der Waals surface area contributed by atoms with Crippen LogP contribution >= 0.6 is 0 Å². The minimum atomic E-state index is 0.0699. The van der Waals surface area contributed by atoms with Gasteiger partial charge in [0.25, 0.3) is 5.91 Å². The van der Waals surface area contributed by atoms with Crippen molar-refractivity contribution in [1.82, 2.24) is 15.2 Å². The first-order chi connectivity index (χ1) is 9.79. The molecule has 1 N–H and O–H groups in total. The van der Waals surface area contributed by atoms with Gasteiger partial charge in [-0.3, -0.25) is 9.78 Å². The number of methoxy groups -OCH3 is 1. The average Bonchev–Trinajstić information content (AvgIpc) is 3.20. The fraction of sp³-hybridized carbons (Fsp3) is 0.600. The second kappa shape index (κ2) is 5.79. The summed E-state index contributed by atoms with van der Waals surface area (Å²) in [6.45, 7) is 1.87. The van der Waals surface area contributed by atoms with Gasteiger partial charge < -0.3 is 15.0 Å². The van der Waals surface area contributed by atoms with Gasteiger partial charge in [0.05, 0.1) is 18.9 Å². The molecule has 1 aromatic heterocycles. The highest BCUT2D eigenvalue weighted by Crippen LogP contribution is 2.30. The van der Waals surface area contributed by atoms with E-state index in [0.717, 1.165) is 32.4 Å². The summed E-state index contributed by atoms with van der Waals surface area (Å²) >= 11 is 0. The lowest BCUT2D eigenvalue weighted by molar-refractivity contribution is 0.0725. The van der Waals surface area contributed by atoms with Gasteiger partial charge in [-0.15, -0.1) is 0 Å². The SMILES string of the molecule is COc1cnccc1C(=O)N(CC1CCCN1)C1CC1. The second-order valence-corrected chi connectivity index (χ2v) is 5.56. The first-order valence-electron chi connectivity index (χ1n) is 7.32. The summed E-state index contributed by atoms with van der Waals surface area (Å²) < 4.78 is 5.26. The third-order valence-corrected chi connectivity index (χ3v) is 4.06. The monoisotopic (exact) mass is 275 g/mol. The van der Waals surface area contributed by atoms with Crippen molar-refractivity contribution in [1.29, 1.82) is 0 Å². The van der Waals surface area contributed by atoms with Crippen LogP contribution in [0.15, 0.2) is 18.5 Å². The molecule has 5 nitrogen and oxygen atoms in total. The number of ether oxygens (including phenoxy) is 1. The van der Waals surface area contributed by atoms with E-state index in [2.05, 4.69) is 10.3 Å². The Labute approximate surface area is 119 Å². The van der Waals surface area contributed by atoms with Gasteiger partial charge in [-0.2, -0.15) is 0 Å². The third-order valence-electron chi connectivity index (χ3n) is 4.06. The zero-order valence-corrected chi connectivity index (χ0v) is 11.8. The zero-order chi connectivity index (χ0) is 13.9. The van der Waals surface area contributed by atoms with Crippen LogP contribution in [-0.4, -0.2) is 48.1 Å². The van der Waals surface area contributed by atoms with Crippen LogP contribution in [-0.2, 0) is 0 Å². The molecule has 20 heavy (non-hydrogen) atoms. The molecular weight excluding hydrogens is 254 g/mol. The van der Waals surface area contributed by atoms with Gasteiger partial charge in [-0.05, 0) is 38.3 Å². The van der Waals surface area contributed by atoms with Gasteiger partial charge in [0.1, 0.15) is 5.75 Å². The summed E-state index contributed by atoms with van der Waals surface area (Å²) in [6, 6.07) is 2.59. The van der Waals surface area contributed by atoms with Crippen LogP contribution < -0.4 is 10.1 Å². The van der Waals surface area contributed by atoms with Crippen LogP contribution in [0.25, 0.3) is 0 Å². The largest absolute Gasteiger partial charge is 0.494 e. The van der Waals surface area contributed by atoms with E-state index in [0.29, 0.717) is 23.4 Å². The van der Waals surface area contributed by atoms with Crippen LogP contribution in [0.1, 0.15) is 36.0 Å². The van der Waals surface area contributed by atoms with Gasteiger partial charge in [-0.1, -0.05) is 0 Å². The molecular formula is C15H21N3O2. The van der Waals surface area contributed by atoms with Crippen LogP contribution in [0.4, 0.5) is 0 Å². The van der Waals surface area contributed by atoms with Gasteiger partial charge in [0.2, 0.25) is 0 Å². The Morgan fingerprint density at radius 3 is 3.00 bits per heavy atom. The second-order valence-electron chi connectivity index (χ2n) is 5.56. The number of hydrogen-bond acceptors (Lipinski definition) is 4. The molecule has 0 radical (unpaired) electrons. The first kappa shape index (κ1) is 13.4. The van der Waals surface area contributed by atoms with E-state index in [1.54, 1.807) is 25.6 Å². The van der Waals surface area contributed by atoms with Gasteiger partial charge >= 0.3 is 0 Å². The highest BCUT2D eigenvalue weighted by Gasteiger charge is 2.35. The fourth-order valence-electron chi connectivity index (χ4n) is 2.81. The van der Waals surface area contributed by atoms with Crippen molar-refractivity contribution < 1.29 is 9.53 Å². The Hall–Kier alpha value is -1.62. The minimum Gasteiger partial charge on any atom is -0.494 e. The van der Waals surface area contributed by atoms with E-state index in [9.17, 15) is 4.79 Å². The van der Waals surface area contributed by atoms with Crippen molar-refractivity contribution >= 4 is 5.91 Å². The number of carbonyl (C=O) groups is 1. The lowest BCUT2D eigenvalue weighted by Gasteiger charge is -2.26. The van der Waals surface area contributed by atoms with Crippen molar-refractivity contribution in [3.05, 3.63) is 24.0 Å². The minimum absolute atomic E-state index is 0.0699. The quantitative estimate of drug-likeness (QED) is 0.883. The number of aromatic nitrogens is 1. The molecule has 1 saturated heterocycles. The Balaban J connectivity index is 1.77. The lowest BCUT2D eigenvalue weighted by atomic mass is 10.1. The molecule has 1 saturated carbocycles. The molecule has 2 fully saturated rings. The standard InChI is InChI=1S/C15H21N3O2/c1-20-14-9-16-8-6-13(14)15(19)18(12-4-5-12)10-11-3-2-7-17-11/h6,8-9,11-12,17H,2-5,7,10H2,1H3. The lowest BCUT2D eigenvalue weighted by Crippen LogP contribution is -2.42. The summed E-state index contributed by atoms with van der Waals surface area (Å²) in [5.41, 5.74) is 0.618. The Morgan fingerprint density at radius 2 is 2.35 bits per heavy atom. The normalized spacial score (nSPS) is 21.8. The fourth-order valence-corrected chi connectivity index (χ4v) is 2.81. The van der Waals surface area contributed by atoms with Crippen molar-refractivity contribution in [3.8, 4) is 5.75 Å². The number of amides is 1. The smallest absolute Gasteiger partial charge is 0.258 e. The molecule has 1 aromatic rings. The van der Waals surface area contributed by atoms with Crippen LogP contribution in [0.2, 0.25) is 0 Å². The average molecular weight is 275 g/mol. The van der Waals surface area contributed by atoms with Crippen molar-refractivity contribution in [3.63, 3.8) is 0 Å². The Bertz CT molecular complexity index is 482. The van der Waals surface area contributed by atoms with E-state index < -0.39 is 0 Å². The van der Waals surface area contributed by atoms with Gasteiger partial charge in [0, 0.05) is 24.8 Å². The maximum Gasteiger partial charge on any atom is 0.258 e. The maximum atomic E-state index is 12.8. The number of nitrogens with one attached hydrogen (secondary N) is 1. The third kappa shape index (κ3) is 2.77. The zero-order valence-electron chi connectivity index (χ0n) is 11.8. The van der Waals surface area contributed by atoms with Crippen LogP contribution in [0.5, 0.6) is 5.75 Å². The molecule has 1 aliphatic heterocycles.